The molecule has 1 amide bonds. The van der Waals surface area contributed by atoms with Crippen LogP contribution < -0.4 is 11.3 Å². The van der Waals surface area contributed by atoms with Gasteiger partial charge in [0.1, 0.15) is 5.76 Å². The Morgan fingerprint density at radius 2 is 2.05 bits per heavy atom. The second-order valence-electron chi connectivity index (χ2n) is 4.40. The molecule has 2 aromatic rings. The van der Waals surface area contributed by atoms with Gasteiger partial charge in [-0.1, -0.05) is 6.92 Å². The fourth-order valence-corrected chi connectivity index (χ4v) is 1.90. The van der Waals surface area contributed by atoms with Gasteiger partial charge in [0.2, 0.25) is 0 Å². The van der Waals surface area contributed by atoms with E-state index in [2.05, 4.69) is 16.8 Å². The maximum Gasteiger partial charge on any atom is 0.300 e. The normalized spacial score (nSPS) is 10.8. The molecule has 0 aliphatic rings. The molecule has 6 heteroatoms. The lowest BCUT2D eigenvalue weighted by Gasteiger charge is -2.18. The van der Waals surface area contributed by atoms with E-state index >= 15 is 0 Å². The van der Waals surface area contributed by atoms with Crippen LogP contribution in [0.5, 0.6) is 0 Å². The molecule has 0 aliphatic heterocycles. The summed E-state index contributed by atoms with van der Waals surface area (Å²) in [4.78, 5) is 17.5. The van der Waals surface area contributed by atoms with Crippen molar-refractivity contribution < 1.29 is 9.21 Å². The molecule has 0 aromatic carbocycles. The molecular formula is C14H18N4O2. The van der Waals surface area contributed by atoms with Crippen molar-refractivity contribution in [3.63, 3.8) is 0 Å². The number of hydrogen-bond donors (Lipinski definition) is 2. The Balaban J connectivity index is 1.99. The van der Waals surface area contributed by atoms with Gasteiger partial charge < -0.3 is 4.42 Å². The van der Waals surface area contributed by atoms with Gasteiger partial charge in [-0.3, -0.25) is 20.1 Å². The van der Waals surface area contributed by atoms with Crippen LogP contribution in [0.2, 0.25) is 0 Å². The zero-order chi connectivity index (χ0) is 14.4. The largest absolute Gasteiger partial charge is 0.455 e. The van der Waals surface area contributed by atoms with E-state index in [1.165, 1.54) is 5.56 Å². The van der Waals surface area contributed by atoms with Crippen LogP contribution in [-0.4, -0.2) is 22.3 Å². The van der Waals surface area contributed by atoms with Crippen LogP contribution >= 0.6 is 0 Å². The number of nitrogens with zero attached hydrogens (tertiary/aromatic N) is 2. The van der Waals surface area contributed by atoms with Crippen LogP contribution in [0.4, 0.5) is 0 Å². The Kier molecular flexibility index (Phi) is 4.86. The van der Waals surface area contributed by atoms with Crippen LogP contribution in [0.1, 0.15) is 28.8 Å². The first kappa shape index (κ1) is 14.2. The number of hydrogen-bond acceptors (Lipinski definition) is 5. The van der Waals surface area contributed by atoms with Crippen LogP contribution in [0, 0.1) is 0 Å². The number of nitrogens with two attached hydrogens (primary N) is 1. The number of nitrogens with one attached hydrogen (secondary N) is 1. The number of furan rings is 1. The molecule has 0 aliphatic carbocycles. The molecule has 0 fully saturated rings. The number of rotatable bonds is 6. The highest BCUT2D eigenvalue weighted by molar-refractivity contribution is 5.90. The smallest absolute Gasteiger partial charge is 0.300 e. The summed E-state index contributed by atoms with van der Waals surface area (Å²) in [6.07, 6.45) is 3.56. The van der Waals surface area contributed by atoms with Gasteiger partial charge in [-0.15, -0.1) is 0 Å². The summed E-state index contributed by atoms with van der Waals surface area (Å²) in [7, 11) is 0. The first-order valence-electron chi connectivity index (χ1n) is 6.44. The number of pyridine rings is 1. The molecule has 3 N–H and O–H groups in total. The van der Waals surface area contributed by atoms with Gasteiger partial charge in [-0.25, -0.2) is 5.84 Å². The minimum absolute atomic E-state index is 0.225. The van der Waals surface area contributed by atoms with Crippen molar-refractivity contribution in [1.29, 1.82) is 0 Å². The van der Waals surface area contributed by atoms with Gasteiger partial charge >= 0.3 is 5.91 Å². The molecule has 0 saturated carbocycles. The Morgan fingerprint density at radius 3 is 2.70 bits per heavy atom. The van der Waals surface area contributed by atoms with E-state index in [1.807, 2.05) is 17.6 Å². The topological polar surface area (TPSA) is 84.4 Å². The molecule has 2 rings (SSSR count). The number of carbonyl (C=O) groups is 1. The average Bonchev–Trinajstić information content (AvgIpc) is 2.95. The highest BCUT2D eigenvalue weighted by Gasteiger charge is 2.12. The molecule has 6 nitrogen and oxygen atoms in total. The summed E-state index contributed by atoms with van der Waals surface area (Å²) in [6, 6.07) is 7.38. The SMILES string of the molecule is CCN(Cc1ccncc1)Cc1ccc(C(=O)NN)o1. The van der Waals surface area contributed by atoms with E-state index in [0.29, 0.717) is 6.54 Å². The van der Waals surface area contributed by atoms with E-state index in [-0.39, 0.29) is 5.76 Å². The third-order valence-corrected chi connectivity index (χ3v) is 3.00. The molecule has 0 atom stereocenters. The molecule has 0 saturated heterocycles. The highest BCUT2D eigenvalue weighted by atomic mass is 16.4. The van der Waals surface area contributed by atoms with Gasteiger partial charge in [-0.2, -0.15) is 0 Å². The second-order valence-corrected chi connectivity index (χ2v) is 4.40. The van der Waals surface area contributed by atoms with E-state index in [1.54, 1.807) is 24.5 Å². The maximum absolute atomic E-state index is 11.3. The molecule has 20 heavy (non-hydrogen) atoms. The Morgan fingerprint density at radius 1 is 1.30 bits per heavy atom. The Hall–Kier alpha value is -2.18. The molecule has 0 bridgehead atoms. The molecule has 106 valence electrons. The highest BCUT2D eigenvalue weighted by Crippen LogP contribution is 2.12. The quantitative estimate of drug-likeness (QED) is 0.471. The molecule has 0 spiro atoms. The first-order chi connectivity index (χ1) is 9.72. The van der Waals surface area contributed by atoms with Gasteiger partial charge in [0, 0.05) is 18.9 Å². The molecule has 0 radical (unpaired) electrons. The van der Waals surface area contributed by atoms with Crippen LogP contribution in [0.3, 0.4) is 0 Å². The number of amides is 1. The first-order valence-corrected chi connectivity index (χ1v) is 6.44. The maximum atomic E-state index is 11.3. The van der Waals surface area contributed by atoms with E-state index in [9.17, 15) is 4.79 Å². The number of carbonyl (C=O) groups excluding carboxylic acids is 1. The fraction of sp³-hybridized carbons (Fsp3) is 0.286. The summed E-state index contributed by atoms with van der Waals surface area (Å²) in [5.41, 5.74) is 3.24. The summed E-state index contributed by atoms with van der Waals surface area (Å²) >= 11 is 0. The van der Waals surface area contributed by atoms with Crippen LogP contribution in [0.15, 0.2) is 41.1 Å². The van der Waals surface area contributed by atoms with E-state index < -0.39 is 5.91 Å². The van der Waals surface area contributed by atoms with Gasteiger partial charge in [-0.05, 0) is 36.4 Å². The van der Waals surface area contributed by atoms with Gasteiger partial charge in [0.25, 0.3) is 0 Å². The average molecular weight is 274 g/mol. The lowest BCUT2D eigenvalue weighted by molar-refractivity contribution is 0.0922. The second kappa shape index (κ2) is 6.83. The van der Waals surface area contributed by atoms with E-state index in [0.717, 1.165) is 18.8 Å². The monoisotopic (exact) mass is 274 g/mol. The lowest BCUT2D eigenvalue weighted by atomic mass is 10.2. The predicted octanol–water partition coefficient (Wildman–Crippen LogP) is 1.30. The zero-order valence-corrected chi connectivity index (χ0v) is 11.4. The van der Waals surface area contributed by atoms with Crippen LogP contribution in [-0.2, 0) is 13.1 Å². The van der Waals surface area contributed by atoms with Crippen molar-refractivity contribution >= 4 is 5.91 Å². The molecule has 2 heterocycles. The zero-order valence-electron chi connectivity index (χ0n) is 11.4. The van der Waals surface area contributed by atoms with Crippen molar-refractivity contribution in [3.8, 4) is 0 Å². The predicted molar refractivity (Wildman–Crippen MR) is 74.4 cm³/mol. The van der Waals surface area contributed by atoms with Crippen molar-refractivity contribution in [3.05, 3.63) is 53.7 Å². The van der Waals surface area contributed by atoms with Gasteiger partial charge in [0.15, 0.2) is 5.76 Å². The fourth-order valence-electron chi connectivity index (χ4n) is 1.90. The molecule has 0 unspecified atom stereocenters. The Labute approximate surface area is 117 Å². The minimum Gasteiger partial charge on any atom is -0.455 e. The Bertz CT molecular complexity index is 553. The lowest BCUT2D eigenvalue weighted by Crippen LogP contribution is -2.29. The number of nitrogen functional groups attached to an aromatic ring is 1. The van der Waals surface area contributed by atoms with Gasteiger partial charge in [0.05, 0.1) is 6.54 Å². The minimum atomic E-state index is -0.423. The van der Waals surface area contributed by atoms with Crippen LogP contribution in [0.25, 0.3) is 0 Å². The van der Waals surface area contributed by atoms with Crippen molar-refractivity contribution in [2.75, 3.05) is 6.54 Å². The summed E-state index contributed by atoms with van der Waals surface area (Å²) in [5, 5.41) is 0. The molecular weight excluding hydrogens is 256 g/mol. The summed E-state index contributed by atoms with van der Waals surface area (Å²) in [5.74, 6) is 5.60. The number of aromatic nitrogens is 1. The van der Waals surface area contributed by atoms with Crippen molar-refractivity contribution in [2.24, 2.45) is 5.84 Å². The third kappa shape index (κ3) is 3.66. The standard InChI is InChI=1S/C14H18N4O2/c1-2-18(9-11-5-7-16-8-6-11)10-12-3-4-13(20-12)14(19)17-15/h3-8H,2,9-10,15H2,1H3,(H,17,19). The summed E-state index contributed by atoms with van der Waals surface area (Å²) < 4.78 is 5.46. The summed E-state index contributed by atoms with van der Waals surface area (Å²) in [6.45, 7) is 4.40. The molecule has 2 aromatic heterocycles. The van der Waals surface area contributed by atoms with Crippen molar-refractivity contribution in [1.82, 2.24) is 15.3 Å². The third-order valence-electron chi connectivity index (χ3n) is 3.00. The number of hydrazine groups is 1. The van der Waals surface area contributed by atoms with Crippen molar-refractivity contribution in [2.45, 2.75) is 20.0 Å². The van der Waals surface area contributed by atoms with E-state index in [4.69, 9.17) is 10.3 Å².